The highest BCUT2D eigenvalue weighted by molar-refractivity contribution is 6.00. The summed E-state index contributed by atoms with van der Waals surface area (Å²) in [4.78, 5) is 33.0. The highest BCUT2D eigenvalue weighted by Crippen LogP contribution is 2.37. The van der Waals surface area contributed by atoms with Crippen molar-refractivity contribution in [2.45, 2.75) is 32.1 Å². The van der Waals surface area contributed by atoms with Crippen LogP contribution in [0.3, 0.4) is 0 Å². The normalized spacial score (nSPS) is 16.6. The second-order valence-corrected chi connectivity index (χ2v) is 10.6. The molecule has 3 N–H and O–H groups in total. The van der Waals surface area contributed by atoms with E-state index in [0.717, 1.165) is 6.20 Å². The Balaban J connectivity index is 1.45. The zero-order valence-electron chi connectivity index (χ0n) is 24.2. The monoisotopic (exact) mass is 612 g/mol. The molecule has 0 spiro atoms. The van der Waals surface area contributed by atoms with Gasteiger partial charge in [0, 0.05) is 42.5 Å². The number of anilines is 1. The van der Waals surface area contributed by atoms with E-state index >= 15 is 0 Å². The van der Waals surface area contributed by atoms with Crippen LogP contribution in [0.1, 0.15) is 40.1 Å². The van der Waals surface area contributed by atoms with Crippen LogP contribution in [0.25, 0.3) is 16.9 Å². The van der Waals surface area contributed by atoms with Crippen LogP contribution in [-0.4, -0.2) is 86.0 Å². The SMILES string of the molecule is COc1ccc(-c2nc3c(C(=O)N4CCN([C@H](CO)c5cccc(NC(=O)O)c5)C[C@H]4C)cnn3c(C(F)(F)F)c2C)cc1. The molecule has 1 aliphatic rings. The molecule has 232 valence electrons. The van der Waals surface area contributed by atoms with Gasteiger partial charge in [-0.05, 0) is 55.8 Å². The van der Waals surface area contributed by atoms with Gasteiger partial charge in [-0.3, -0.25) is 15.0 Å². The van der Waals surface area contributed by atoms with Crippen molar-refractivity contribution in [2.75, 3.05) is 38.7 Å². The number of aliphatic hydroxyl groups excluding tert-OH is 1. The number of nitrogens with zero attached hydrogens (tertiary/aromatic N) is 5. The smallest absolute Gasteiger partial charge is 0.433 e. The molecule has 11 nitrogen and oxygen atoms in total. The first-order chi connectivity index (χ1) is 20.9. The van der Waals surface area contributed by atoms with Crippen molar-refractivity contribution in [3.05, 3.63) is 77.1 Å². The molecule has 0 bridgehead atoms. The summed E-state index contributed by atoms with van der Waals surface area (Å²) >= 11 is 0. The highest BCUT2D eigenvalue weighted by atomic mass is 19.4. The number of nitrogens with one attached hydrogen (secondary N) is 1. The Hall–Kier alpha value is -4.69. The van der Waals surface area contributed by atoms with Gasteiger partial charge in [-0.1, -0.05) is 12.1 Å². The molecule has 0 saturated carbocycles. The number of aliphatic hydroxyl groups is 1. The average Bonchev–Trinajstić information content (AvgIpc) is 3.39. The van der Waals surface area contributed by atoms with E-state index in [9.17, 15) is 27.9 Å². The van der Waals surface area contributed by atoms with E-state index in [1.54, 1.807) is 53.4 Å². The van der Waals surface area contributed by atoms with Gasteiger partial charge in [-0.15, -0.1) is 0 Å². The maximum Gasteiger partial charge on any atom is 0.433 e. The molecule has 1 fully saturated rings. The number of rotatable bonds is 7. The number of ether oxygens (including phenoxy) is 1. The van der Waals surface area contributed by atoms with Gasteiger partial charge in [0.05, 0.1) is 31.6 Å². The number of aromatic nitrogens is 3. The first-order valence-corrected chi connectivity index (χ1v) is 13.8. The molecule has 2 aromatic heterocycles. The molecule has 2 amide bonds. The minimum Gasteiger partial charge on any atom is -0.497 e. The van der Waals surface area contributed by atoms with Crippen LogP contribution in [0.15, 0.2) is 54.7 Å². The van der Waals surface area contributed by atoms with E-state index in [0.29, 0.717) is 40.2 Å². The van der Waals surface area contributed by atoms with E-state index in [1.807, 2.05) is 11.8 Å². The number of methoxy groups -OCH3 is 1. The summed E-state index contributed by atoms with van der Waals surface area (Å²) in [5, 5.41) is 25.5. The van der Waals surface area contributed by atoms with Crippen LogP contribution in [0, 0.1) is 6.92 Å². The lowest BCUT2D eigenvalue weighted by atomic mass is 10.0. The largest absolute Gasteiger partial charge is 0.497 e. The molecule has 3 heterocycles. The Morgan fingerprint density at radius 2 is 1.89 bits per heavy atom. The van der Waals surface area contributed by atoms with E-state index in [1.165, 1.54) is 14.0 Å². The molecule has 5 rings (SSSR count). The quantitative estimate of drug-likeness (QED) is 0.274. The molecule has 0 aliphatic carbocycles. The number of halogens is 3. The van der Waals surface area contributed by atoms with E-state index in [-0.39, 0.29) is 41.7 Å². The van der Waals surface area contributed by atoms with Gasteiger partial charge in [-0.2, -0.15) is 18.3 Å². The number of fused-ring (bicyclic) bond motifs is 1. The minimum atomic E-state index is -4.77. The lowest BCUT2D eigenvalue weighted by molar-refractivity contribution is -0.143. The number of hydrogen-bond donors (Lipinski definition) is 3. The van der Waals surface area contributed by atoms with E-state index in [4.69, 9.17) is 9.84 Å². The Bertz CT molecular complexity index is 1690. The Labute approximate surface area is 250 Å². The number of alkyl halides is 3. The summed E-state index contributed by atoms with van der Waals surface area (Å²) in [6.45, 7) is 3.82. The molecule has 2 aromatic carbocycles. The molecule has 1 saturated heterocycles. The molecule has 14 heteroatoms. The van der Waals surface area contributed by atoms with Crippen molar-refractivity contribution in [3.63, 3.8) is 0 Å². The third-order valence-corrected chi connectivity index (χ3v) is 7.80. The molecule has 1 aliphatic heterocycles. The second kappa shape index (κ2) is 12.1. The Morgan fingerprint density at radius 3 is 2.50 bits per heavy atom. The van der Waals surface area contributed by atoms with Gasteiger partial charge in [-0.25, -0.2) is 14.3 Å². The molecule has 4 aromatic rings. The van der Waals surface area contributed by atoms with Gasteiger partial charge in [0.15, 0.2) is 11.3 Å². The van der Waals surface area contributed by atoms with E-state index in [2.05, 4.69) is 15.4 Å². The maximum atomic E-state index is 14.3. The first kappa shape index (κ1) is 30.8. The summed E-state index contributed by atoms with van der Waals surface area (Å²) in [5.74, 6) is 0.0236. The van der Waals surface area contributed by atoms with Gasteiger partial charge in [0.25, 0.3) is 5.91 Å². The van der Waals surface area contributed by atoms with Gasteiger partial charge in [0.2, 0.25) is 0 Å². The van der Waals surface area contributed by atoms with Crippen LogP contribution < -0.4 is 10.1 Å². The molecule has 2 atom stereocenters. The zero-order valence-corrected chi connectivity index (χ0v) is 24.2. The van der Waals surface area contributed by atoms with Gasteiger partial charge < -0.3 is 19.8 Å². The third-order valence-electron chi connectivity index (χ3n) is 7.80. The Kier molecular flexibility index (Phi) is 8.48. The second-order valence-electron chi connectivity index (χ2n) is 10.6. The van der Waals surface area contributed by atoms with Crippen molar-refractivity contribution in [2.24, 2.45) is 0 Å². The summed E-state index contributed by atoms with van der Waals surface area (Å²) in [5.41, 5.74) is 0.145. The number of carbonyl (C=O) groups excluding carboxylic acids is 1. The average molecular weight is 613 g/mol. The van der Waals surface area contributed by atoms with Crippen molar-refractivity contribution in [1.29, 1.82) is 0 Å². The van der Waals surface area contributed by atoms with E-state index < -0.39 is 29.9 Å². The minimum absolute atomic E-state index is 0.0586. The molecular weight excluding hydrogens is 581 g/mol. The summed E-state index contributed by atoms with van der Waals surface area (Å²) < 4.78 is 48.9. The van der Waals surface area contributed by atoms with Gasteiger partial charge in [0.1, 0.15) is 11.3 Å². The van der Waals surface area contributed by atoms with Crippen molar-refractivity contribution in [3.8, 4) is 17.0 Å². The van der Waals surface area contributed by atoms with Crippen LogP contribution in [0.2, 0.25) is 0 Å². The number of hydrogen-bond acceptors (Lipinski definition) is 7. The topological polar surface area (TPSA) is 133 Å². The maximum absolute atomic E-state index is 14.3. The summed E-state index contributed by atoms with van der Waals surface area (Å²) in [6, 6.07) is 12.3. The van der Waals surface area contributed by atoms with Crippen LogP contribution in [0.4, 0.5) is 23.7 Å². The van der Waals surface area contributed by atoms with Crippen LogP contribution >= 0.6 is 0 Å². The van der Waals surface area contributed by atoms with Crippen LogP contribution in [-0.2, 0) is 6.18 Å². The first-order valence-electron chi connectivity index (χ1n) is 13.8. The zero-order chi connectivity index (χ0) is 31.8. The van der Waals surface area contributed by atoms with Gasteiger partial charge >= 0.3 is 12.3 Å². The number of benzene rings is 2. The lowest BCUT2D eigenvalue weighted by Crippen LogP contribution is -2.55. The fourth-order valence-electron chi connectivity index (χ4n) is 5.69. The third kappa shape index (κ3) is 5.90. The predicted molar refractivity (Wildman–Crippen MR) is 155 cm³/mol. The highest BCUT2D eigenvalue weighted by Gasteiger charge is 2.39. The number of carboxylic acid groups (broad SMARTS) is 1. The fourth-order valence-corrected chi connectivity index (χ4v) is 5.69. The van der Waals surface area contributed by atoms with Crippen LogP contribution in [0.5, 0.6) is 5.75 Å². The van der Waals surface area contributed by atoms with Crippen molar-refractivity contribution < 1.29 is 37.7 Å². The van der Waals surface area contributed by atoms with Crippen molar-refractivity contribution >= 4 is 23.3 Å². The lowest BCUT2D eigenvalue weighted by Gasteiger charge is -2.43. The molecule has 0 unspecified atom stereocenters. The van der Waals surface area contributed by atoms with Crippen molar-refractivity contribution in [1.82, 2.24) is 24.4 Å². The molecular formula is C30H31F3N6O5. The molecule has 0 radical (unpaired) electrons. The number of carbonyl (C=O) groups is 2. The Morgan fingerprint density at radius 1 is 1.16 bits per heavy atom. The standard InChI is InChI=1S/C30H31F3N6O5/c1-17-15-37(24(16-40)20-5-4-6-21(13-20)35-29(42)43)11-12-38(17)28(41)23-14-34-39-26(30(31,32)33)18(2)25(36-27(23)39)19-7-9-22(44-3)10-8-19/h4-10,13-14,17,24,35,40H,11-12,15-16H2,1-3H3,(H,42,43)/t17-,24-/m1/s1. The summed E-state index contributed by atoms with van der Waals surface area (Å²) in [7, 11) is 1.48. The molecule has 44 heavy (non-hydrogen) atoms. The predicted octanol–water partition coefficient (Wildman–Crippen LogP) is 4.70. The summed E-state index contributed by atoms with van der Waals surface area (Å²) in [6.07, 6.45) is -4.86. The number of amides is 2. The number of piperazine rings is 1. The fraction of sp³-hybridized carbons (Fsp3) is 0.333.